The molecule has 0 spiro atoms. The summed E-state index contributed by atoms with van der Waals surface area (Å²) in [5, 5.41) is 4.49. The van der Waals surface area contributed by atoms with Crippen molar-refractivity contribution in [3.05, 3.63) is 30.1 Å². The molecule has 0 aromatic carbocycles. The number of hydrogen-bond donors (Lipinski definition) is 1. The van der Waals surface area contributed by atoms with E-state index in [-0.39, 0.29) is 0 Å². The summed E-state index contributed by atoms with van der Waals surface area (Å²) < 4.78 is 3.98. The minimum Gasteiger partial charge on any atom is -0.330 e. The van der Waals surface area contributed by atoms with Crippen molar-refractivity contribution in [1.82, 2.24) is 19.3 Å². The molecule has 104 valence electrons. The van der Waals surface area contributed by atoms with Crippen molar-refractivity contribution >= 4 is 0 Å². The summed E-state index contributed by atoms with van der Waals surface area (Å²) in [6.07, 6.45) is 6.72. The summed E-state index contributed by atoms with van der Waals surface area (Å²) in [6, 6.07) is 0. The van der Waals surface area contributed by atoms with Gasteiger partial charge in [0, 0.05) is 37.6 Å². The number of nitrogens with two attached hydrogens (primary N) is 1. The summed E-state index contributed by atoms with van der Waals surface area (Å²) in [6.45, 7) is 7.13. The van der Waals surface area contributed by atoms with Crippen LogP contribution in [0.3, 0.4) is 0 Å². The molecule has 19 heavy (non-hydrogen) atoms. The Labute approximate surface area is 114 Å². The number of rotatable bonds is 5. The summed E-state index contributed by atoms with van der Waals surface area (Å²) in [4.78, 5) is 4.30. The molecule has 5 nitrogen and oxygen atoms in total. The average molecular weight is 261 g/mol. The Balaban J connectivity index is 2.49. The normalized spacial score (nSPS) is 13.2. The Morgan fingerprint density at radius 1 is 1.37 bits per heavy atom. The van der Waals surface area contributed by atoms with Crippen molar-refractivity contribution in [2.75, 3.05) is 6.54 Å². The lowest BCUT2D eigenvalue weighted by molar-refractivity contribution is 0.489. The maximum atomic E-state index is 5.93. The Morgan fingerprint density at radius 2 is 2.11 bits per heavy atom. The zero-order valence-corrected chi connectivity index (χ0v) is 12.2. The van der Waals surface area contributed by atoms with Gasteiger partial charge in [-0.25, -0.2) is 4.98 Å². The lowest BCUT2D eigenvalue weighted by atomic mass is 9.93. The molecule has 0 fully saturated rings. The monoisotopic (exact) mass is 261 g/mol. The van der Waals surface area contributed by atoms with E-state index in [1.54, 1.807) is 0 Å². The third-order valence-corrected chi connectivity index (χ3v) is 3.58. The largest absolute Gasteiger partial charge is 0.330 e. The van der Waals surface area contributed by atoms with Crippen LogP contribution in [0.25, 0.3) is 5.69 Å². The average Bonchev–Trinajstić information content (AvgIpc) is 2.95. The summed E-state index contributed by atoms with van der Waals surface area (Å²) in [5.41, 5.74) is 9.29. The van der Waals surface area contributed by atoms with Gasteiger partial charge in [0.1, 0.15) is 0 Å². The highest BCUT2D eigenvalue weighted by Crippen LogP contribution is 2.26. The molecule has 0 bridgehead atoms. The lowest BCUT2D eigenvalue weighted by Gasteiger charge is -2.20. The molecule has 1 unspecified atom stereocenters. The SMILES string of the molecule is CCc1nn(C)cc1-n1cncc1C(CN)C(C)C. The van der Waals surface area contributed by atoms with Crippen molar-refractivity contribution in [2.45, 2.75) is 33.1 Å². The van der Waals surface area contributed by atoms with Gasteiger partial charge in [0.25, 0.3) is 0 Å². The van der Waals surface area contributed by atoms with Crippen LogP contribution in [-0.2, 0) is 13.5 Å². The van der Waals surface area contributed by atoms with Gasteiger partial charge in [-0.2, -0.15) is 5.10 Å². The van der Waals surface area contributed by atoms with Crippen molar-refractivity contribution in [3.8, 4) is 5.69 Å². The number of aromatic nitrogens is 4. The molecule has 2 rings (SSSR count). The molecule has 2 aromatic rings. The molecule has 0 aliphatic heterocycles. The first kappa shape index (κ1) is 13.8. The van der Waals surface area contributed by atoms with E-state index in [2.05, 4.69) is 35.4 Å². The van der Waals surface area contributed by atoms with Crippen LogP contribution in [0, 0.1) is 5.92 Å². The van der Waals surface area contributed by atoms with Gasteiger partial charge in [-0.15, -0.1) is 0 Å². The molecule has 0 saturated heterocycles. The summed E-state index contributed by atoms with van der Waals surface area (Å²) in [5.74, 6) is 0.801. The first-order valence-electron chi connectivity index (χ1n) is 6.83. The Morgan fingerprint density at radius 3 is 2.68 bits per heavy atom. The van der Waals surface area contributed by atoms with Crippen LogP contribution in [0.1, 0.15) is 38.1 Å². The van der Waals surface area contributed by atoms with E-state index in [0.717, 1.165) is 17.8 Å². The number of imidazole rings is 1. The van der Waals surface area contributed by atoms with Crippen LogP contribution < -0.4 is 5.73 Å². The van der Waals surface area contributed by atoms with E-state index in [0.29, 0.717) is 18.4 Å². The van der Waals surface area contributed by atoms with E-state index >= 15 is 0 Å². The Bertz CT molecular complexity index is 538. The molecule has 2 aromatic heterocycles. The predicted molar refractivity (Wildman–Crippen MR) is 76.3 cm³/mol. The van der Waals surface area contributed by atoms with E-state index < -0.39 is 0 Å². The van der Waals surface area contributed by atoms with Crippen LogP contribution in [0.5, 0.6) is 0 Å². The van der Waals surface area contributed by atoms with Gasteiger partial charge < -0.3 is 5.73 Å². The summed E-state index contributed by atoms with van der Waals surface area (Å²) in [7, 11) is 1.95. The van der Waals surface area contributed by atoms with Crippen LogP contribution in [0.4, 0.5) is 0 Å². The van der Waals surface area contributed by atoms with Crippen molar-refractivity contribution in [1.29, 1.82) is 0 Å². The van der Waals surface area contributed by atoms with Crippen molar-refractivity contribution < 1.29 is 0 Å². The number of aryl methyl sites for hydroxylation is 2. The second-order valence-corrected chi connectivity index (χ2v) is 5.26. The maximum Gasteiger partial charge on any atom is 0.0995 e. The molecule has 0 aliphatic carbocycles. The van der Waals surface area contributed by atoms with Crippen LogP contribution in [-0.4, -0.2) is 25.9 Å². The van der Waals surface area contributed by atoms with Gasteiger partial charge >= 0.3 is 0 Å². The standard InChI is InChI=1S/C14H23N5/c1-5-12-14(8-18(4)17-12)19-9-16-7-13(19)11(6-15)10(2)3/h7-11H,5-6,15H2,1-4H3. The fourth-order valence-corrected chi connectivity index (χ4v) is 2.49. The number of hydrogen-bond acceptors (Lipinski definition) is 3. The van der Waals surface area contributed by atoms with E-state index in [4.69, 9.17) is 5.73 Å². The molecule has 0 radical (unpaired) electrons. The van der Waals surface area contributed by atoms with E-state index in [1.807, 2.05) is 30.5 Å². The topological polar surface area (TPSA) is 61.7 Å². The molecule has 2 heterocycles. The van der Waals surface area contributed by atoms with Crippen LogP contribution >= 0.6 is 0 Å². The third kappa shape index (κ3) is 2.56. The molecule has 0 saturated carbocycles. The van der Waals surface area contributed by atoms with Gasteiger partial charge in [-0.05, 0) is 12.3 Å². The van der Waals surface area contributed by atoms with E-state index in [1.165, 1.54) is 5.69 Å². The van der Waals surface area contributed by atoms with Crippen LogP contribution in [0.2, 0.25) is 0 Å². The van der Waals surface area contributed by atoms with Gasteiger partial charge in [0.15, 0.2) is 0 Å². The Hall–Kier alpha value is -1.62. The first-order valence-corrected chi connectivity index (χ1v) is 6.83. The molecule has 0 amide bonds. The molecular weight excluding hydrogens is 238 g/mol. The minimum atomic E-state index is 0.312. The van der Waals surface area contributed by atoms with Crippen molar-refractivity contribution in [3.63, 3.8) is 0 Å². The van der Waals surface area contributed by atoms with Gasteiger partial charge in [-0.1, -0.05) is 20.8 Å². The lowest BCUT2D eigenvalue weighted by Crippen LogP contribution is -2.20. The highest BCUT2D eigenvalue weighted by atomic mass is 15.3. The predicted octanol–water partition coefficient (Wildman–Crippen LogP) is 1.87. The van der Waals surface area contributed by atoms with Crippen LogP contribution in [0.15, 0.2) is 18.7 Å². The number of nitrogens with zero attached hydrogens (tertiary/aromatic N) is 4. The molecule has 0 aliphatic rings. The minimum absolute atomic E-state index is 0.312. The Kier molecular flexibility index (Phi) is 4.04. The van der Waals surface area contributed by atoms with Crippen molar-refractivity contribution in [2.24, 2.45) is 18.7 Å². The molecule has 5 heteroatoms. The fourth-order valence-electron chi connectivity index (χ4n) is 2.49. The van der Waals surface area contributed by atoms with Gasteiger partial charge in [0.2, 0.25) is 0 Å². The maximum absolute atomic E-state index is 5.93. The van der Waals surface area contributed by atoms with Gasteiger partial charge in [-0.3, -0.25) is 9.25 Å². The quantitative estimate of drug-likeness (QED) is 0.893. The molecule has 1 atom stereocenters. The van der Waals surface area contributed by atoms with Gasteiger partial charge in [0.05, 0.1) is 17.7 Å². The highest BCUT2D eigenvalue weighted by molar-refractivity contribution is 5.37. The van der Waals surface area contributed by atoms with E-state index in [9.17, 15) is 0 Å². The third-order valence-electron chi connectivity index (χ3n) is 3.58. The fraction of sp³-hybridized carbons (Fsp3) is 0.571. The zero-order chi connectivity index (χ0) is 14.0. The zero-order valence-electron chi connectivity index (χ0n) is 12.2. The molecular formula is C14H23N5. The first-order chi connectivity index (χ1) is 9.08. The molecule has 2 N–H and O–H groups in total. The second-order valence-electron chi connectivity index (χ2n) is 5.26. The summed E-state index contributed by atoms with van der Waals surface area (Å²) >= 11 is 0. The second kappa shape index (κ2) is 5.57. The highest BCUT2D eigenvalue weighted by Gasteiger charge is 2.20. The smallest absolute Gasteiger partial charge is 0.0995 e.